The molecule has 11 nitrogen and oxygen atoms in total. The molecule has 0 aromatic carbocycles. The van der Waals surface area contributed by atoms with Crippen molar-refractivity contribution in [3.05, 3.63) is 30.4 Å². The van der Waals surface area contributed by atoms with E-state index in [0.717, 1.165) is 62.7 Å². The lowest BCUT2D eigenvalue weighted by Crippen LogP contribution is -2.35. The third kappa shape index (κ3) is 5.27. The Labute approximate surface area is 198 Å². The number of anilines is 3. The van der Waals surface area contributed by atoms with Crippen LogP contribution in [0.4, 0.5) is 17.5 Å². The fraction of sp³-hybridized carbons (Fsp3) is 0.565. The fourth-order valence-corrected chi connectivity index (χ4v) is 4.54. The second kappa shape index (κ2) is 10.6. The van der Waals surface area contributed by atoms with Gasteiger partial charge < -0.3 is 30.8 Å². The summed E-state index contributed by atoms with van der Waals surface area (Å²) in [5.41, 5.74) is 8.89. The highest BCUT2D eigenvalue weighted by molar-refractivity contribution is 5.86. The first-order valence-electron chi connectivity index (χ1n) is 12.1. The van der Waals surface area contributed by atoms with E-state index in [-0.39, 0.29) is 13.1 Å². The van der Waals surface area contributed by atoms with Gasteiger partial charge in [0, 0.05) is 38.8 Å². The molecule has 5 rings (SSSR count). The molecule has 182 valence electrons. The average molecular weight is 468 g/mol. The van der Waals surface area contributed by atoms with E-state index >= 15 is 0 Å². The van der Waals surface area contributed by atoms with Crippen LogP contribution in [-0.4, -0.2) is 80.0 Å². The SMILES string of the molecule is NCC(O)CNc1nc(Nc2ccc(CN3CCOCC3)nc2)c2ncn(C3CCCC3)c2n1. The molecule has 2 aliphatic rings. The number of nitrogens with zero attached hydrogens (tertiary/aromatic N) is 6. The second-order valence-corrected chi connectivity index (χ2v) is 8.98. The molecule has 1 unspecified atom stereocenters. The van der Waals surface area contributed by atoms with Crippen molar-refractivity contribution in [2.24, 2.45) is 5.73 Å². The van der Waals surface area contributed by atoms with Gasteiger partial charge >= 0.3 is 0 Å². The minimum atomic E-state index is -0.668. The smallest absolute Gasteiger partial charge is 0.226 e. The first kappa shape index (κ1) is 22.9. The molecule has 0 amide bonds. The van der Waals surface area contributed by atoms with Crippen molar-refractivity contribution < 1.29 is 9.84 Å². The van der Waals surface area contributed by atoms with E-state index in [4.69, 9.17) is 15.5 Å². The summed E-state index contributed by atoms with van der Waals surface area (Å²) >= 11 is 0. The molecule has 1 atom stereocenters. The molecule has 0 spiro atoms. The van der Waals surface area contributed by atoms with Crippen LogP contribution in [0.5, 0.6) is 0 Å². The van der Waals surface area contributed by atoms with E-state index in [1.165, 1.54) is 12.8 Å². The van der Waals surface area contributed by atoms with Crippen molar-refractivity contribution in [3.63, 3.8) is 0 Å². The third-order valence-electron chi connectivity index (χ3n) is 6.48. The normalized spacial score (nSPS) is 18.4. The molecule has 0 radical (unpaired) electrons. The quantitative estimate of drug-likeness (QED) is 0.367. The van der Waals surface area contributed by atoms with Crippen molar-refractivity contribution in [1.82, 2.24) is 29.4 Å². The van der Waals surface area contributed by atoms with Crippen molar-refractivity contribution in [3.8, 4) is 0 Å². The van der Waals surface area contributed by atoms with Crippen LogP contribution >= 0.6 is 0 Å². The van der Waals surface area contributed by atoms with Crippen LogP contribution in [0.15, 0.2) is 24.7 Å². The molecule has 1 aliphatic carbocycles. The largest absolute Gasteiger partial charge is 0.390 e. The van der Waals surface area contributed by atoms with Crippen LogP contribution in [0.2, 0.25) is 0 Å². The van der Waals surface area contributed by atoms with E-state index < -0.39 is 6.10 Å². The number of aromatic nitrogens is 5. The standard InChI is InChI=1S/C23H33N9O2/c24-11-19(33)13-26-23-29-21(20-22(30-23)32(15-27-20)18-3-1-2-4-18)28-16-5-6-17(25-12-16)14-31-7-9-34-10-8-31/h5-6,12,15,18-19,33H,1-4,7-11,13-14,24H2,(H2,26,28,29,30). The third-order valence-corrected chi connectivity index (χ3v) is 6.48. The number of pyridine rings is 1. The maximum Gasteiger partial charge on any atom is 0.226 e. The molecule has 4 heterocycles. The summed E-state index contributed by atoms with van der Waals surface area (Å²) in [6.07, 6.45) is 7.71. The fourth-order valence-electron chi connectivity index (χ4n) is 4.54. The van der Waals surface area contributed by atoms with E-state index in [1.807, 2.05) is 24.7 Å². The zero-order valence-corrected chi connectivity index (χ0v) is 19.4. The number of hydrogen-bond acceptors (Lipinski definition) is 10. The van der Waals surface area contributed by atoms with Crippen LogP contribution in [0.25, 0.3) is 11.2 Å². The average Bonchev–Trinajstić information content (AvgIpc) is 3.54. The van der Waals surface area contributed by atoms with Crippen LogP contribution in [0, 0.1) is 0 Å². The molecule has 3 aromatic rings. The van der Waals surface area contributed by atoms with Crippen LogP contribution < -0.4 is 16.4 Å². The summed E-state index contributed by atoms with van der Waals surface area (Å²) in [7, 11) is 0. The maximum atomic E-state index is 9.87. The lowest BCUT2D eigenvalue weighted by molar-refractivity contribution is 0.0336. The Morgan fingerprint density at radius 2 is 1.97 bits per heavy atom. The molecule has 5 N–H and O–H groups in total. The van der Waals surface area contributed by atoms with Gasteiger partial charge in [0.05, 0.1) is 43.2 Å². The summed E-state index contributed by atoms with van der Waals surface area (Å²) in [5.74, 6) is 1.04. The molecular weight excluding hydrogens is 434 g/mol. The number of nitrogens with two attached hydrogens (primary N) is 1. The summed E-state index contributed by atoms with van der Waals surface area (Å²) in [6, 6.07) is 4.44. The molecule has 1 aliphatic heterocycles. The van der Waals surface area contributed by atoms with E-state index in [2.05, 4.69) is 35.1 Å². The number of morpholine rings is 1. The predicted octanol–water partition coefficient (Wildman–Crippen LogP) is 1.64. The number of aliphatic hydroxyl groups excluding tert-OH is 1. The highest BCUT2D eigenvalue weighted by Crippen LogP contribution is 2.33. The molecule has 1 saturated heterocycles. The van der Waals surface area contributed by atoms with Crippen LogP contribution in [0.3, 0.4) is 0 Å². The summed E-state index contributed by atoms with van der Waals surface area (Å²) < 4.78 is 7.58. The van der Waals surface area contributed by atoms with Crippen molar-refractivity contribution in [1.29, 1.82) is 0 Å². The van der Waals surface area contributed by atoms with Crippen molar-refractivity contribution in [2.75, 3.05) is 50.0 Å². The number of hydrogen-bond donors (Lipinski definition) is 4. The van der Waals surface area contributed by atoms with Gasteiger partial charge in [0.15, 0.2) is 17.0 Å². The minimum Gasteiger partial charge on any atom is -0.390 e. The van der Waals surface area contributed by atoms with Gasteiger partial charge in [-0.1, -0.05) is 12.8 Å². The first-order chi connectivity index (χ1) is 16.7. The highest BCUT2D eigenvalue weighted by Gasteiger charge is 2.22. The van der Waals surface area contributed by atoms with Gasteiger partial charge in [0.2, 0.25) is 5.95 Å². The Balaban J connectivity index is 1.38. The molecule has 3 aromatic heterocycles. The van der Waals surface area contributed by atoms with Gasteiger partial charge in [-0.25, -0.2) is 4.98 Å². The Hall–Kier alpha value is -2.86. The van der Waals surface area contributed by atoms with Gasteiger partial charge in [-0.3, -0.25) is 9.88 Å². The maximum absolute atomic E-state index is 9.87. The lowest BCUT2D eigenvalue weighted by Gasteiger charge is -2.26. The van der Waals surface area contributed by atoms with Gasteiger partial charge in [0.25, 0.3) is 0 Å². The molecule has 11 heteroatoms. The van der Waals surface area contributed by atoms with Gasteiger partial charge in [-0.05, 0) is 25.0 Å². The summed E-state index contributed by atoms with van der Waals surface area (Å²) in [4.78, 5) is 21.0. The molecular formula is C23H33N9O2. The van der Waals surface area contributed by atoms with Crippen molar-refractivity contribution in [2.45, 2.75) is 44.4 Å². The molecule has 2 fully saturated rings. The zero-order chi connectivity index (χ0) is 23.3. The zero-order valence-electron chi connectivity index (χ0n) is 19.4. The van der Waals surface area contributed by atoms with Gasteiger partial charge in [-0.15, -0.1) is 0 Å². The Morgan fingerprint density at radius 1 is 1.15 bits per heavy atom. The molecule has 1 saturated carbocycles. The van der Waals surface area contributed by atoms with Crippen LogP contribution in [0.1, 0.15) is 37.4 Å². The molecule has 34 heavy (non-hydrogen) atoms. The van der Waals surface area contributed by atoms with Gasteiger partial charge in [0.1, 0.15) is 0 Å². The second-order valence-electron chi connectivity index (χ2n) is 8.98. The molecule has 0 bridgehead atoms. The summed E-state index contributed by atoms with van der Waals surface area (Å²) in [5, 5.41) is 16.4. The minimum absolute atomic E-state index is 0.169. The highest BCUT2D eigenvalue weighted by atomic mass is 16.5. The van der Waals surface area contributed by atoms with E-state index in [0.29, 0.717) is 23.3 Å². The van der Waals surface area contributed by atoms with Crippen molar-refractivity contribution >= 4 is 28.6 Å². The van der Waals surface area contributed by atoms with Gasteiger partial charge in [-0.2, -0.15) is 9.97 Å². The Bertz CT molecular complexity index is 1080. The number of nitrogens with one attached hydrogen (secondary N) is 2. The van der Waals surface area contributed by atoms with E-state index in [1.54, 1.807) is 0 Å². The number of fused-ring (bicyclic) bond motifs is 1. The lowest BCUT2D eigenvalue weighted by atomic mass is 10.2. The number of ether oxygens (including phenoxy) is 1. The monoisotopic (exact) mass is 467 g/mol. The Kier molecular flexibility index (Phi) is 7.14. The number of rotatable bonds is 9. The summed E-state index contributed by atoms with van der Waals surface area (Å²) in [6.45, 7) is 4.66. The first-order valence-corrected chi connectivity index (χ1v) is 12.1. The number of imidazole rings is 1. The van der Waals surface area contributed by atoms with Crippen LogP contribution in [-0.2, 0) is 11.3 Å². The topological polar surface area (TPSA) is 139 Å². The van der Waals surface area contributed by atoms with E-state index in [9.17, 15) is 5.11 Å². The Morgan fingerprint density at radius 3 is 2.71 bits per heavy atom. The predicted molar refractivity (Wildman–Crippen MR) is 130 cm³/mol. The number of aliphatic hydroxyl groups is 1.